The predicted octanol–water partition coefficient (Wildman–Crippen LogP) is 3.72. The molecule has 1 amide bonds. The first-order valence-corrected chi connectivity index (χ1v) is 9.57. The van der Waals surface area contributed by atoms with E-state index >= 15 is 0 Å². The van der Waals surface area contributed by atoms with Crippen LogP contribution in [0.1, 0.15) is 21.6 Å². The molecule has 0 aliphatic carbocycles. The Labute approximate surface area is 172 Å². The van der Waals surface area contributed by atoms with Crippen molar-refractivity contribution in [3.05, 3.63) is 70.3 Å². The normalized spacial score (nSPS) is 12.7. The van der Waals surface area contributed by atoms with Crippen LogP contribution in [0.2, 0.25) is 5.02 Å². The molecule has 3 aromatic rings. The Kier molecular flexibility index (Phi) is 5.40. The van der Waals surface area contributed by atoms with Crippen LogP contribution in [-0.4, -0.2) is 35.4 Å². The monoisotopic (exact) mass is 415 g/mol. The number of carbonyl (C=O) groups excluding carboxylic acids is 1. The van der Waals surface area contributed by atoms with E-state index in [2.05, 4.69) is 10.4 Å². The van der Waals surface area contributed by atoms with E-state index in [0.717, 1.165) is 5.56 Å². The van der Waals surface area contributed by atoms with Gasteiger partial charge in [-0.25, -0.2) is 9.07 Å². The molecule has 1 N–H and O–H groups in total. The second-order valence-electron chi connectivity index (χ2n) is 6.64. The minimum Gasteiger partial charge on any atom is -0.486 e. The number of benzene rings is 2. The molecular formula is C21H19ClFN3O3. The lowest BCUT2D eigenvalue weighted by Crippen LogP contribution is -2.26. The molecule has 150 valence electrons. The molecule has 0 bridgehead atoms. The first kappa shape index (κ1) is 19.3. The van der Waals surface area contributed by atoms with Crippen LogP contribution in [0, 0.1) is 12.7 Å². The number of nitrogens with one attached hydrogen (secondary N) is 1. The van der Waals surface area contributed by atoms with Crippen molar-refractivity contribution in [1.82, 2.24) is 15.1 Å². The summed E-state index contributed by atoms with van der Waals surface area (Å²) in [5.41, 5.74) is 2.78. The summed E-state index contributed by atoms with van der Waals surface area (Å²) in [6, 6.07) is 9.64. The Hall–Kier alpha value is -3.06. The summed E-state index contributed by atoms with van der Waals surface area (Å²) >= 11 is 6.25. The number of ether oxygens (including phenoxy) is 2. The lowest BCUT2D eigenvalue weighted by molar-refractivity contribution is 0.0953. The summed E-state index contributed by atoms with van der Waals surface area (Å²) in [5, 5.41) is 7.64. The molecule has 2 aromatic carbocycles. The fourth-order valence-electron chi connectivity index (χ4n) is 3.20. The zero-order valence-corrected chi connectivity index (χ0v) is 16.5. The fraction of sp³-hybridized carbons (Fsp3) is 0.238. The summed E-state index contributed by atoms with van der Waals surface area (Å²) < 4.78 is 25.8. The molecule has 0 atom stereocenters. The maximum absolute atomic E-state index is 13.1. The zero-order valence-electron chi connectivity index (χ0n) is 15.7. The Morgan fingerprint density at radius 2 is 2.00 bits per heavy atom. The lowest BCUT2D eigenvalue weighted by Gasteiger charge is -2.20. The van der Waals surface area contributed by atoms with Gasteiger partial charge in [0, 0.05) is 6.54 Å². The number of amides is 1. The van der Waals surface area contributed by atoms with Gasteiger partial charge >= 0.3 is 0 Å². The van der Waals surface area contributed by atoms with Crippen LogP contribution in [0.4, 0.5) is 4.39 Å². The number of nitrogens with zero attached hydrogens (tertiary/aromatic N) is 2. The van der Waals surface area contributed by atoms with Gasteiger partial charge in [0.2, 0.25) is 0 Å². The molecule has 4 rings (SSSR count). The third kappa shape index (κ3) is 4.05. The number of fused-ring (bicyclic) bond motifs is 1. The second-order valence-corrected chi connectivity index (χ2v) is 7.05. The molecule has 1 aliphatic rings. The van der Waals surface area contributed by atoms with Gasteiger partial charge in [0.1, 0.15) is 19.0 Å². The minimum atomic E-state index is -0.323. The van der Waals surface area contributed by atoms with Gasteiger partial charge in [-0.1, -0.05) is 11.6 Å². The van der Waals surface area contributed by atoms with Gasteiger partial charge in [-0.3, -0.25) is 4.79 Å². The van der Waals surface area contributed by atoms with Crippen molar-refractivity contribution in [3.63, 3.8) is 0 Å². The third-order valence-electron chi connectivity index (χ3n) is 4.68. The highest BCUT2D eigenvalue weighted by molar-refractivity contribution is 6.32. The molecule has 2 heterocycles. The quantitative estimate of drug-likeness (QED) is 0.689. The van der Waals surface area contributed by atoms with Gasteiger partial charge < -0.3 is 14.8 Å². The van der Waals surface area contributed by atoms with E-state index in [1.165, 1.54) is 18.3 Å². The molecule has 6 nitrogen and oxygen atoms in total. The van der Waals surface area contributed by atoms with Crippen molar-refractivity contribution in [1.29, 1.82) is 0 Å². The van der Waals surface area contributed by atoms with Gasteiger partial charge in [0.05, 0.1) is 28.2 Å². The number of aromatic nitrogens is 2. The molecule has 0 saturated heterocycles. The van der Waals surface area contributed by atoms with Crippen molar-refractivity contribution in [2.75, 3.05) is 19.8 Å². The molecule has 8 heteroatoms. The standard InChI is InChI=1S/C21H19ClFN3O3/c1-13-17(12-25-26(13)16-4-2-15(23)3-5-16)21(27)24-7-6-14-10-18(22)20-19(11-14)28-8-9-29-20/h2-5,10-12H,6-9H2,1H3,(H,24,27). The Morgan fingerprint density at radius 1 is 1.24 bits per heavy atom. The third-order valence-corrected chi connectivity index (χ3v) is 4.96. The Morgan fingerprint density at radius 3 is 2.79 bits per heavy atom. The topological polar surface area (TPSA) is 65.4 Å². The van der Waals surface area contributed by atoms with Crippen LogP contribution in [0.5, 0.6) is 11.5 Å². The van der Waals surface area contributed by atoms with Crippen LogP contribution < -0.4 is 14.8 Å². The highest BCUT2D eigenvalue weighted by Gasteiger charge is 2.18. The van der Waals surface area contributed by atoms with Crippen LogP contribution in [0.15, 0.2) is 42.6 Å². The molecule has 0 saturated carbocycles. The zero-order chi connectivity index (χ0) is 20.4. The van der Waals surface area contributed by atoms with Gasteiger partial charge in [-0.15, -0.1) is 0 Å². The number of rotatable bonds is 5. The summed E-state index contributed by atoms with van der Waals surface area (Å²) in [7, 11) is 0. The van der Waals surface area contributed by atoms with E-state index in [1.54, 1.807) is 23.7 Å². The van der Waals surface area contributed by atoms with E-state index in [0.29, 0.717) is 59.6 Å². The van der Waals surface area contributed by atoms with E-state index in [-0.39, 0.29) is 11.7 Å². The molecule has 0 fully saturated rings. The molecule has 1 aliphatic heterocycles. The average Bonchev–Trinajstić information content (AvgIpc) is 3.10. The van der Waals surface area contributed by atoms with E-state index in [9.17, 15) is 9.18 Å². The second kappa shape index (κ2) is 8.13. The van der Waals surface area contributed by atoms with Crippen LogP contribution >= 0.6 is 11.6 Å². The summed E-state index contributed by atoms with van der Waals surface area (Å²) in [5.74, 6) is 0.645. The fourth-order valence-corrected chi connectivity index (χ4v) is 3.49. The van der Waals surface area contributed by atoms with E-state index < -0.39 is 0 Å². The van der Waals surface area contributed by atoms with Gasteiger partial charge in [0.15, 0.2) is 11.5 Å². The van der Waals surface area contributed by atoms with Gasteiger partial charge in [-0.05, 0) is 55.3 Å². The molecule has 0 radical (unpaired) electrons. The highest BCUT2D eigenvalue weighted by atomic mass is 35.5. The van der Waals surface area contributed by atoms with Crippen LogP contribution in [-0.2, 0) is 6.42 Å². The first-order chi connectivity index (χ1) is 14.0. The summed E-state index contributed by atoms with van der Waals surface area (Å²) in [4.78, 5) is 12.6. The summed E-state index contributed by atoms with van der Waals surface area (Å²) in [6.45, 7) is 3.19. The number of hydrogen-bond acceptors (Lipinski definition) is 4. The van der Waals surface area contributed by atoms with Crippen molar-refractivity contribution < 1.29 is 18.7 Å². The molecule has 0 spiro atoms. The van der Waals surface area contributed by atoms with Crippen molar-refractivity contribution in [2.45, 2.75) is 13.3 Å². The van der Waals surface area contributed by atoms with Crippen molar-refractivity contribution >= 4 is 17.5 Å². The van der Waals surface area contributed by atoms with E-state index in [1.807, 2.05) is 12.1 Å². The maximum Gasteiger partial charge on any atom is 0.254 e. The largest absolute Gasteiger partial charge is 0.486 e. The predicted molar refractivity (Wildman–Crippen MR) is 107 cm³/mol. The Balaban J connectivity index is 1.40. The maximum atomic E-state index is 13.1. The molecule has 1 aromatic heterocycles. The average molecular weight is 416 g/mol. The van der Waals surface area contributed by atoms with Gasteiger partial charge in [0.25, 0.3) is 5.91 Å². The van der Waals surface area contributed by atoms with Crippen LogP contribution in [0.25, 0.3) is 5.69 Å². The number of hydrogen-bond donors (Lipinski definition) is 1. The van der Waals surface area contributed by atoms with Crippen LogP contribution in [0.3, 0.4) is 0 Å². The Bertz CT molecular complexity index is 1050. The minimum absolute atomic E-state index is 0.223. The first-order valence-electron chi connectivity index (χ1n) is 9.19. The van der Waals surface area contributed by atoms with Gasteiger partial charge in [-0.2, -0.15) is 5.10 Å². The number of carbonyl (C=O) groups is 1. The van der Waals surface area contributed by atoms with E-state index in [4.69, 9.17) is 21.1 Å². The summed E-state index contributed by atoms with van der Waals surface area (Å²) in [6.07, 6.45) is 2.10. The number of halogens is 2. The smallest absolute Gasteiger partial charge is 0.254 e. The SMILES string of the molecule is Cc1c(C(=O)NCCc2cc(Cl)c3c(c2)OCCO3)cnn1-c1ccc(F)cc1. The molecule has 0 unspecified atom stereocenters. The highest BCUT2D eigenvalue weighted by Crippen LogP contribution is 2.38. The lowest BCUT2D eigenvalue weighted by atomic mass is 10.1. The van der Waals surface area contributed by atoms with Crippen molar-refractivity contribution in [3.8, 4) is 17.2 Å². The molecular weight excluding hydrogens is 397 g/mol. The van der Waals surface area contributed by atoms with Crippen molar-refractivity contribution in [2.24, 2.45) is 0 Å². The molecule has 29 heavy (non-hydrogen) atoms.